The molecular formula is C18H25N3O3. The molecule has 6 nitrogen and oxygen atoms in total. The molecule has 1 aromatic carbocycles. The number of amides is 2. The molecule has 2 fully saturated rings. The van der Waals surface area contributed by atoms with Crippen molar-refractivity contribution in [3.63, 3.8) is 0 Å². The first-order valence-corrected chi connectivity index (χ1v) is 8.72. The fourth-order valence-electron chi connectivity index (χ4n) is 3.26. The number of morpholine rings is 1. The van der Waals surface area contributed by atoms with Gasteiger partial charge in [0.05, 0.1) is 13.2 Å². The molecule has 0 aliphatic carbocycles. The zero-order valence-corrected chi connectivity index (χ0v) is 13.9. The van der Waals surface area contributed by atoms with Crippen LogP contribution in [0.15, 0.2) is 24.3 Å². The minimum Gasteiger partial charge on any atom is -0.378 e. The lowest BCUT2D eigenvalue weighted by molar-refractivity contribution is -0.130. The molecule has 0 radical (unpaired) electrons. The molecule has 130 valence electrons. The van der Waals surface area contributed by atoms with Crippen molar-refractivity contribution < 1.29 is 14.3 Å². The Morgan fingerprint density at radius 2 is 2.08 bits per heavy atom. The molecule has 6 heteroatoms. The number of rotatable bonds is 5. The first-order chi connectivity index (χ1) is 11.7. The van der Waals surface area contributed by atoms with Gasteiger partial charge in [-0.3, -0.25) is 9.59 Å². The second kappa shape index (κ2) is 8.15. The van der Waals surface area contributed by atoms with Gasteiger partial charge in [0, 0.05) is 31.7 Å². The van der Waals surface area contributed by atoms with Gasteiger partial charge in [0.1, 0.15) is 6.04 Å². The number of carbonyl (C=O) groups excluding carboxylic acids is 2. The number of ether oxygens (including phenoxy) is 1. The normalized spacial score (nSPS) is 21.2. The molecule has 3 rings (SSSR count). The van der Waals surface area contributed by atoms with E-state index in [1.54, 1.807) is 0 Å². The van der Waals surface area contributed by atoms with Crippen LogP contribution in [0.5, 0.6) is 0 Å². The Labute approximate surface area is 142 Å². The third kappa shape index (κ3) is 4.26. The number of carbonyl (C=O) groups is 2. The second-order valence-corrected chi connectivity index (χ2v) is 6.28. The van der Waals surface area contributed by atoms with Crippen LogP contribution in [0.1, 0.15) is 24.8 Å². The number of nitrogens with one attached hydrogen (secondary N) is 2. The first-order valence-electron chi connectivity index (χ1n) is 8.72. The highest BCUT2D eigenvalue weighted by molar-refractivity contribution is 5.88. The molecule has 2 saturated heterocycles. The smallest absolute Gasteiger partial charge is 0.242 e. The van der Waals surface area contributed by atoms with Gasteiger partial charge in [-0.15, -0.1) is 0 Å². The Morgan fingerprint density at radius 3 is 2.88 bits per heavy atom. The van der Waals surface area contributed by atoms with E-state index in [0.717, 1.165) is 39.1 Å². The van der Waals surface area contributed by atoms with Crippen LogP contribution in [-0.4, -0.2) is 50.7 Å². The Bertz CT molecular complexity index is 585. The average molecular weight is 331 g/mol. The molecule has 24 heavy (non-hydrogen) atoms. The molecule has 0 saturated carbocycles. The molecule has 2 heterocycles. The molecule has 2 aliphatic heterocycles. The van der Waals surface area contributed by atoms with Gasteiger partial charge in [-0.05, 0) is 30.9 Å². The Morgan fingerprint density at radius 1 is 1.29 bits per heavy atom. The summed E-state index contributed by atoms with van der Waals surface area (Å²) >= 11 is 0. The molecule has 0 bridgehead atoms. The van der Waals surface area contributed by atoms with Gasteiger partial charge in [-0.1, -0.05) is 18.2 Å². The van der Waals surface area contributed by atoms with Gasteiger partial charge in [0.25, 0.3) is 0 Å². The van der Waals surface area contributed by atoms with Gasteiger partial charge >= 0.3 is 0 Å². The lowest BCUT2D eigenvalue weighted by atomic mass is 10.0. The summed E-state index contributed by atoms with van der Waals surface area (Å²) in [4.78, 5) is 26.2. The lowest BCUT2D eigenvalue weighted by Crippen LogP contribution is -2.50. The molecule has 0 unspecified atom stereocenters. The van der Waals surface area contributed by atoms with Gasteiger partial charge in [-0.25, -0.2) is 0 Å². The van der Waals surface area contributed by atoms with E-state index in [1.165, 1.54) is 11.3 Å². The maximum atomic E-state index is 12.2. The van der Waals surface area contributed by atoms with Crippen LogP contribution in [-0.2, 0) is 20.7 Å². The van der Waals surface area contributed by atoms with E-state index >= 15 is 0 Å². The summed E-state index contributed by atoms with van der Waals surface area (Å²) in [6, 6.07) is 7.84. The summed E-state index contributed by atoms with van der Waals surface area (Å²) in [7, 11) is 0. The number of benzene rings is 1. The summed E-state index contributed by atoms with van der Waals surface area (Å²) < 4.78 is 5.41. The van der Waals surface area contributed by atoms with Crippen LogP contribution in [0.4, 0.5) is 5.69 Å². The number of piperidine rings is 1. The van der Waals surface area contributed by atoms with Crippen LogP contribution in [0.25, 0.3) is 0 Å². The largest absolute Gasteiger partial charge is 0.378 e. The molecule has 2 aliphatic rings. The van der Waals surface area contributed by atoms with Crippen molar-refractivity contribution in [2.45, 2.75) is 31.7 Å². The minimum atomic E-state index is -0.374. The number of hydrogen-bond donors (Lipinski definition) is 2. The predicted octanol–water partition coefficient (Wildman–Crippen LogP) is 0.851. The van der Waals surface area contributed by atoms with Gasteiger partial charge in [0.2, 0.25) is 11.8 Å². The topological polar surface area (TPSA) is 70.7 Å². The number of aryl methyl sites for hydroxylation is 1. The van der Waals surface area contributed by atoms with Crippen molar-refractivity contribution in [3.05, 3.63) is 29.8 Å². The van der Waals surface area contributed by atoms with Crippen LogP contribution in [0.3, 0.4) is 0 Å². The summed E-state index contributed by atoms with van der Waals surface area (Å²) in [6.07, 6.45) is 2.71. The van der Waals surface area contributed by atoms with E-state index in [-0.39, 0.29) is 17.9 Å². The van der Waals surface area contributed by atoms with Crippen molar-refractivity contribution in [2.75, 3.05) is 37.7 Å². The molecule has 1 atom stereocenters. The fraction of sp³-hybridized carbons (Fsp3) is 0.556. The molecule has 2 amide bonds. The SMILES string of the molecule is O=C(CCc1ccccc1N1CCOCC1)N[C@H]1CCCNC1=O. The fourth-order valence-corrected chi connectivity index (χ4v) is 3.26. The number of anilines is 1. The van der Waals surface area contributed by atoms with E-state index in [2.05, 4.69) is 27.7 Å². The molecule has 0 spiro atoms. The predicted molar refractivity (Wildman–Crippen MR) is 92.0 cm³/mol. The maximum Gasteiger partial charge on any atom is 0.242 e. The first kappa shape index (κ1) is 16.8. The van der Waals surface area contributed by atoms with E-state index < -0.39 is 0 Å². The van der Waals surface area contributed by atoms with E-state index in [0.29, 0.717) is 19.4 Å². The highest BCUT2D eigenvalue weighted by atomic mass is 16.5. The Kier molecular flexibility index (Phi) is 5.69. The molecule has 1 aromatic rings. The van der Waals surface area contributed by atoms with Crippen LogP contribution in [0.2, 0.25) is 0 Å². The molecule has 0 aromatic heterocycles. The Balaban J connectivity index is 1.56. The maximum absolute atomic E-state index is 12.2. The van der Waals surface area contributed by atoms with Crippen LogP contribution >= 0.6 is 0 Å². The van der Waals surface area contributed by atoms with Crippen LogP contribution < -0.4 is 15.5 Å². The zero-order chi connectivity index (χ0) is 16.8. The number of para-hydroxylation sites is 1. The zero-order valence-electron chi connectivity index (χ0n) is 13.9. The molecular weight excluding hydrogens is 306 g/mol. The lowest BCUT2D eigenvalue weighted by Gasteiger charge is -2.30. The van der Waals surface area contributed by atoms with E-state index in [9.17, 15) is 9.59 Å². The van der Waals surface area contributed by atoms with Crippen molar-refractivity contribution in [1.29, 1.82) is 0 Å². The second-order valence-electron chi connectivity index (χ2n) is 6.28. The average Bonchev–Trinajstić information content (AvgIpc) is 2.63. The number of nitrogens with zero attached hydrogens (tertiary/aromatic N) is 1. The standard InChI is InChI=1S/C18H25N3O3/c22-17(20-15-5-3-9-19-18(15)23)8-7-14-4-1-2-6-16(14)21-10-12-24-13-11-21/h1-2,4,6,15H,3,5,7-13H2,(H,19,23)(H,20,22)/t15-/m0/s1. The summed E-state index contributed by atoms with van der Waals surface area (Å²) in [5.41, 5.74) is 2.35. The van der Waals surface area contributed by atoms with Crippen molar-refractivity contribution in [2.24, 2.45) is 0 Å². The van der Waals surface area contributed by atoms with Gasteiger partial charge in [0.15, 0.2) is 0 Å². The van der Waals surface area contributed by atoms with E-state index in [4.69, 9.17) is 4.74 Å². The highest BCUT2D eigenvalue weighted by Gasteiger charge is 2.23. The highest BCUT2D eigenvalue weighted by Crippen LogP contribution is 2.22. The van der Waals surface area contributed by atoms with Crippen molar-refractivity contribution in [3.8, 4) is 0 Å². The van der Waals surface area contributed by atoms with Gasteiger partial charge in [-0.2, -0.15) is 0 Å². The Hall–Kier alpha value is -2.08. The minimum absolute atomic E-state index is 0.0613. The number of hydrogen-bond acceptors (Lipinski definition) is 4. The summed E-state index contributed by atoms with van der Waals surface area (Å²) in [6.45, 7) is 3.95. The third-order valence-electron chi connectivity index (χ3n) is 4.59. The third-order valence-corrected chi connectivity index (χ3v) is 4.59. The summed E-state index contributed by atoms with van der Waals surface area (Å²) in [5, 5.41) is 5.64. The van der Waals surface area contributed by atoms with Crippen molar-refractivity contribution in [1.82, 2.24) is 10.6 Å². The molecule has 2 N–H and O–H groups in total. The van der Waals surface area contributed by atoms with Crippen molar-refractivity contribution >= 4 is 17.5 Å². The van der Waals surface area contributed by atoms with Gasteiger partial charge < -0.3 is 20.3 Å². The monoisotopic (exact) mass is 331 g/mol. The quantitative estimate of drug-likeness (QED) is 0.839. The van der Waals surface area contributed by atoms with E-state index in [1.807, 2.05) is 12.1 Å². The van der Waals surface area contributed by atoms with Crippen LogP contribution in [0, 0.1) is 0 Å². The summed E-state index contributed by atoms with van der Waals surface area (Å²) in [5.74, 6) is -0.128.